The Morgan fingerprint density at radius 3 is 2.62 bits per heavy atom. The van der Waals surface area contributed by atoms with Crippen LogP contribution in [0.25, 0.3) is 0 Å². The summed E-state index contributed by atoms with van der Waals surface area (Å²) in [5, 5.41) is 9.17. The van der Waals surface area contributed by atoms with Gasteiger partial charge in [0.1, 0.15) is 0 Å². The van der Waals surface area contributed by atoms with Crippen molar-refractivity contribution in [1.29, 1.82) is 5.26 Å². The largest absolute Gasteiger partial charge is 0.493 e. The highest BCUT2D eigenvalue weighted by Crippen LogP contribution is 2.35. The highest BCUT2D eigenvalue weighted by molar-refractivity contribution is 7.89. The molecule has 2 aromatic rings. The van der Waals surface area contributed by atoms with Crippen molar-refractivity contribution in [1.82, 2.24) is 4.31 Å². The molecule has 0 saturated carbocycles. The predicted molar refractivity (Wildman–Crippen MR) is 87.2 cm³/mol. The van der Waals surface area contributed by atoms with Crippen molar-refractivity contribution in [2.24, 2.45) is 0 Å². The van der Waals surface area contributed by atoms with Gasteiger partial charge in [-0.05, 0) is 29.3 Å². The lowest BCUT2D eigenvalue weighted by molar-refractivity contribution is -0.0513. The van der Waals surface area contributed by atoms with Crippen LogP contribution in [0.3, 0.4) is 0 Å². The van der Waals surface area contributed by atoms with E-state index in [1.165, 1.54) is 23.5 Å². The van der Waals surface area contributed by atoms with Crippen molar-refractivity contribution in [3.8, 4) is 17.6 Å². The fourth-order valence-corrected chi connectivity index (χ4v) is 4.22. The number of benzene rings is 2. The van der Waals surface area contributed by atoms with Gasteiger partial charge in [-0.25, -0.2) is 8.42 Å². The number of fused-ring (bicyclic) bond motifs is 1. The van der Waals surface area contributed by atoms with E-state index in [-0.39, 0.29) is 29.5 Å². The Morgan fingerprint density at radius 1 is 1.19 bits per heavy atom. The molecule has 3 rings (SSSR count). The zero-order valence-corrected chi connectivity index (χ0v) is 14.5. The van der Waals surface area contributed by atoms with Crippen LogP contribution in [0.15, 0.2) is 41.3 Å². The lowest BCUT2D eigenvalue weighted by atomic mass is 10.1. The lowest BCUT2D eigenvalue weighted by Gasteiger charge is -2.17. The van der Waals surface area contributed by atoms with Gasteiger partial charge in [0.05, 0.1) is 23.6 Å². The molecule has 136 valence electrons. The molecule has 6 nitrogen and oxygen atoms in total. The van der Waals surface area contributed by atoms with Crippen molar-refractivity contribution < 1.29 is 26.7 Å². The number of ether oxygens (including phenoxy) is 2. The highest BCUT2D eigenvalue weighted by atomic mass is 32.2. The topological polar surface area (TPSA) is 79.6 Å². The first kappa shape index (κ1) is 18.1. The van der Waals surface area contributed by atoms with Gasteiger partial charge in [-0.15, -0.1) is 0 Å². The van der Waals surface area contributed by atoms with Gasteiger partial charge in [0.15, 0.2) is 11.5 Å². The first-order valence-corrected chi connectivity index (χ1v) is 8.94. The molecule has 0 spiro atoms. The molecule has 0 radical (unpaired) electrons. The van der Waals surface area contributed by atoms with Crippen LogP contribution in [0.1, 0.15) is 16.7 Å². The van der Waals surface area contributed by atoms with E-state index < -0.39 is 16.6 Å². The summed E-state index contributed by atoms with van der Waals surface area (Å²) in [6.45, 7) is -2.97. The zero-order chi connectivity index (χ0) is 18.9. The Labute approximate surface area is 149 Å². The fraction of sp³-hybridized carbons (Fsp3) is 0.235. The van der Waals surface area contributed by atoms with E-state index in [1.54, 1.807) is 18.2 Å². The molecule has 0 unspecified atom stereocenters. The summed E-state index contributed by atoms with van der Waals surface area (Å²) in [7, 11) is -2.70. The van der Waals surface area contributed by atoms with Gasteiger partial charge < -0.3 is 9.47 Å². The quantitative estimate of drug-likeness (QED) is 0.797. The summed E-state index contributed by atoms with van der Waals surface area (Å²) in [5.74, 6) is -0.362. The van der Waals surface area contributed by atoms with E-state index >= 15 is 0 Å². The molecular formula is C17H14F2N2O4S. The van der Waals surface area contributed by atoms with E-state index in [0.717, 1.165) is 11.6 Å². The second-order valence-electron chi connectivity index (χ2n) is 5.52. The molecule has 0 saturated heterocycles. The normalized spacial score (nSPS) is 14.1. The summed E-state index contributed by atoms with van der Waals surface area (Å²) in [4.78, 5) is -0.194. The molecular weight excluding hydrogens is 366 g/mol. The number of alkyl halides is 2. The summed E-state index contributed by atoms with van der Waals surface area (Å²) < 4.78 is 61.4. The molecule has 0 N–H and O–H groups in total. The molecule has 1 aliphatic rings. The zero-order valence-electron chi connectivity index (χ0n) is 13.6. The van der Waals surface area contributed by atoms with Crippen LogP contribution in [0.5, 0.6) is 11.5 Å². The maximum atomic E-state index is 12.9. The Hall–Kier alpha value is -2.70. The minimum atomic E-state index is -3.97. The maximum absolute atomic E-state index is 12.9. The standard InChI is InChI=1S/C17H14F2N2O4S/c1-24-15-6-5-13(7-16(15)25-17(18)19)26(22,23)21-9-12-4-2-3-11(8-20)14(12)10-21/h2-7,17H,9-10H2,1H3. The van der Waals surface area contributed by atoms with Crippen LogP contribution in [0.2, 0.25) is 0 Å². The van der Waals surface area contributed by atoms with Crippen LogP contribution in [-0.4, -0.2) is 26.4 Å². The van der Waals surface area contributed by atoms with E-state index in [0.29, 0.717) is 11.1 Å². The number of nitrogens with zero attached hydrogens (tertiary/aromatic N) is 2. The third-order valence-corrected chi connectivity index (χ3v) is 5.85. The minimum Gasteiger partial charge on any atom is -0.493 e. The van der Waals surface area contributed by atoms with E-state index in [4.69, 9.17) is 10.00 Å². The molecule has 1 heterocycles. The van der Waals surface area contributed by atoms with E-state index in [9.17, 15) is 17.2 Å². The molecule has 2 aromatic carbocycles. The van der Waals surface area contributed by atoms with Crippen molar-refractivity contribution in [3.05, 3.63) is 53.1 Å². The Balaban J connectivity index is 1.96. The van der Waals surface area contributed by atoms with Crippen molar-refractivity contribution >= 4 is 10.0 Å². The first-order valence-electron chi connectivity index (χ1n) is 7.50. The fourth-order valence-electron chi connectivity index (χ4n) is 2.82. The number of rotatable bonds is 5. The summed E-state index contributed by atoms with van der Waals surface area (Å²) in [6, 6.07) is 10.6. The molecule has 0 aliphatic carbocycles. The summed E-state index contributed by atoms with van der Waals surface area (Å²) in [6.07, 6.45) is 0. The molecule has 1 aliphatic heterocycles. The van der Waals surface area contributed by atoms with E-state index in [1.807, 2.05) is 6.07 Å². The van der Waals surface area contributed by atoms with Crippen LogP contribution in [0, 0.1) is 11.3 Å². The molecule has 26 heavy (non-hydrogen) atoms. The number of hydrogen-bond acceptors (Lipinski definition) is 5. The maximum Gasteiger partial charge on any atom is 0.387 e. The predicted octanol–water partition coefficient (Wildman–Crippen LogP) is 2.87. The molecule has 0 bridgehead atoms. The first-order chi connectivity index (χ1) is 12.4. The van der Waals surface area contributed by atoms with E-state index in [2.05, 4.69) is 4.74 Å². The van der Waals surface area contributed by atoms with Gasteiger partial charge in [0, 0.05) is 19.2 Å². The molecule has 0 amide bonds. The molecule has 9 heteroatoms. The van der Waals surface area contributed by atoms with Crippen LogP contribution in [-0.2, 0) is 23.1 Å². The Morgan fingerprint density at radius 2 is 1.96 bits per heavy atom. The molecule has 0 atom stereocenters. The average Bonchev–Trinajstić information content (AvgIpc) is 3.06. The number of hydrogen-bond donors (Lipinski definition) is 0. The number of methoxy groups -OCH3 is 1. The Bertz CT molecular complexity index is 987. The Kier molecular flexibility index (Phi) is 4.80. The van der Waals surface area contributed by atoms with Gasteiger partial charge in [-0.3, -0.25) is 0 Å². The molecule has 0 aromatic heterocycles. The number of nitriles is 1. The van der Waals surface area contributed by atoms with Gasteiger partial charge in [0.2, 0.25) is 10.0 Å². The SMILES string of the molecule is COc1ccc(S(=O)(=O)N2Cc3cccc(C#N)c3C2)cc1OC(F)F. The second-order valence-corrected chi connectivity index (χ2v) is 7.46. The van der Waals surface area contributed by atoms with Crippen molar-refractivity contribution in [2.45, 2.75) is 24.6 Å². The highest BCUT2D eigenvalue weighted by Gasteiger charge is 2.32. The monoisotopic (exact) mass is 380 g/mol. The third-order valence-electron chi connectivity index (χ3n) is 4.06. The average molecular weight is 380 g/mol. The molecule has 0 fully saturated rings. The third kappa shape index (κ3) is 3.21. The van der Waals surface area contributed by atoms with Crippen LogP contribution in [0.4, 0.5) is 8.78 Å². The van der Waals surface area contributed by atoms with Crippen LogP contribution >= 0.6 is 0 Å². The number of sulfonamides is 1. The lowest BCUT2D eigenvalue weighted by Crippen LogP contribution is -2.25. The smallest absolute Gasteiger partial charge is 0.387 e. The van der Waals surface area contributed by atoms with Gasteiger partial charge in [-0.1, -0.05) is 12.1 Å². The van der Waals surface area contributed by atoms with Gasteiger partial charge in [-0.2, -0.15) is 18.3 Å². The van der Waals surface area contributed by atoms with Crippen molar-refractivity contribution in [3.63, 3.8) is 0 Å². The summed E-state index contributed by atoms with van der Waals surface area (Å²) >= 11 is 0. The minimum absolute atomic E-state index is 0.000671. The summed E-state index contributed by atoms with van der Waals surface area (Å²) in [5.41, 5.74) is 1.80. The van der Waals surface area contributed by atoms with Gasteiger partial charge in [0.25, 0.3) is 0 Å². The van der Waals surface area contributed by atoms with Crippen molar-refractivity contribution in [2.75, 3.05) is 7.11 Å². The second kappa shape index (κ2) is 6.90. The van der Waals surface area contributed by atoms with Crippen LogP contribution < -0.4 is 9.47 Å². The van der Waals surface area contributed by atoms with Gasteiger partial charge >= 0.3 is 6.61 Å². The number of halogens is 2.